The molecule has 1 atom stereocenters. The fourth-order valence-corrected chi connectivity index (χ4v) is 2.74. The summed E-state index contributed by atoms with van der Waals surface area (Å²) in [7, 11) is 0. The largest absolute Gasteiger partial charge is 0.447 e. The van der Waals surface area contributed by atoms with E-state index in [9.17, 15) is 0 Å². The van der Waals surface area contributed by atoms with Gasteiger partial charge in [0.25, 0.3) is 0 Å². The fraction of sp³-hybridized carbons (Fsp3) is 0.643. The van der Waals surface area contributed by atoms with E-state index in [1.54, 1.807) is 6.26 Å². The molecule has 2 aromatic rings. The third-order valence-electron chi connectivity index (χ3n) is 3.59. The summed E-state index contributed by atoms with van der Waals surface area (Å²) in [6.45, 7) is 9.30. The number of oxazole rings is 1. The molecule has 0 amide bonds. The molecule has 0 saturated carbocycles. The Labute approximate surface area is 128 Å². The van der Waals surface area contributed by atoms with Crippen LogP contribution >= 0.6 is 11.5 Å². The molecule has 7 heteroatoms. The van der Waals surface area contributed by atoms with Gasteiger partial charge in [0.1, 0.15) is 12.3 Å². The van der Waals surface area contributed by atoms with Gasteiger partial charge in [-0.2, -0.15) is 0 Å². The van der Waals surface area contributed by atoms with Crippen molar-refractivity contribution in [2.45, 2.75) is 38.8 Å². The van der Waals surface area contributed by atoms with E-state index in [0.717, 1.165) is 37.0 Å². The van der Waals surface area contributed by atoms with Crippen LogP contribution in [0.25, 0.3) is 0 Å². The van der Waals surface area contributed by atoms with E-state index in [-0.39, 0.29) is 11.5 Å². The quantitative estimate of drug-likeness (QED) is 0.867. The van der Waals surface area contributed by atoms with Crippen LogP contribution in [0.4, 0.5) is 0 Å². The van der Waals surface area contributed by atoms with E-state index in [2.05, 4.69) is 40.2 Å². The molecule has 0 bridgehead atoms. The van der Waals surface area contributed by atoms with Crippen molar-refractivity contribution in [2.24, 2.45) is 0 Å². The van der Waals surface area contributed by atoms with Gasteiger partial charge >= 0.3 is 0 Å². The van der Waals surface area contributed by atoms with Gasteiger partial charge < -0.3 is 9.15 Å². The van der Waals surface area contributed by atoms with Crippen LogP contribution in [0.3, 0.4) is 0 Å². The minimum atomic E-state index is -0.0130. The van der Waals surface area contributed by atoms with Gasteiger partial charge in [-0.3, -0.25) is 4.90 Å². The highest BCUT2D eigenvalue weighted by molar-refractivity contribution is 7.03. The molecule has 1 aliphatic rings. The summed E-state index contributed by atoms with van der Waals surface area (Å²) >= 11 is 1.37. The van der Waals surface area contributed by atoms with Gasteiger partial charge in [0.05, 0.1) is 24.6 Å². The van der Waals surface area contributed by atoms with Crippen LogP contribution in [0.1, 0.15) is 44.1 Å². The molecule has 3 rings (SSSR count). The maximum Gasteiger partial charge on any atom is 0.214 e. The molecule has 0 N–H and O–H groups in total. The zero-order valence-corrected chi connectivity index (χ0v) is 13.4. The topological polar surface area (TPSA) is 64.3 Å². The van der Waals surface area contributed by atoms with E-state index in [1.807, 2.05) is 5.38 Å². The van der Waals surface area contributed by atoms with E-state index >= 15 is 0 Å². The predicted molar refractivity (Wildman–Crippen MR) is 79.1 cm³/mol. The van der Waals surface area contributed by atoms with Crippen molar-refractivity contribution < 1.29 is 9.15 Å². The van der Waals surface area contributed by atoms with Gasteiger partial charge in [-0.15, -0.1) is 5.10 Å². The van der Waals surface area contributed by atoms with Gasteiger partial charge in [-0.1, -0.05) is 25.3 Å². The van der Waals surface area contributed by atoms with Crippen molar-refractivity contribution in [3.8, 4) is 0 Å². The number of aromatic nitrogens is 3. The average molecular weight is 308 g/mol. The molecule has 0 radical (unpaired) electrons. The van der Waals surface area contributed by atoms with Crippen LogP contribution in [0, 0.1) is 0 Å². The Balaban J connectivity index is 1.79. The summed E-state index contributed by atoms with van der Waals surface area (Å²) < 4.78 is 15.2. The Morgan fingerprint density at radius 1 is 1.43 bits per heavy atom. The Bertz CT molecular complexity index is 576. The predicted octanol–water partition coefficient (Wildman–Crippen LogP) is 2.40. The molecule has 1 saturated heterocycles. The van der Waals surface area contributed by atoms with Crippen LogP contribution in [0.15, 0.2) is 16.1 Å². The summed E-state index contributed by atoms with van der Waals surface area (Å²) in [6.07, 6.45) is 1.76. The molecule has 21 heavy (non-hydrogen) atoms. The Hall–Kier alpha value is -1.31. The smallest absolute Gasteiger partial charge is 0.214 e. The standard InChI is InChI=1S/C14H20N4O2S/c1-14(2,3)12-8-20-13(15-12)11-7-19-5-4-18(11)6-10-9-21-17-16-10/h8-9,11H,4-7H2,1-3H3/t11-/m0/s1. The van der Waals surface area contributed by atoms with Crippen molar-refractivity contribution in [3.63, 3.8) is 0 Å². The third-order valence-corrected chi connectivity index (χ3v) is 4.14. The molecular weight excluding hydrogens is 288 g/mol. The number of hydrogen-bond donors (Lipinski definition) is 0. The molecule has 114 valence electrons. The summed E-state index contributed by atoms with van der Waals surface area (Å²) in [5.41, 5.74) is 1.94. The van der Waals surface area contributed by atoms with Gasteiger partial charge in [0, 0.05) is 23.9 Å². The van der Waals surface area contributed by atoms with E-state index < -0.39 is 0 Å². The summed E-state index contributed by atoms with van der Waals surface area (Å²) in [5, 5.41) is 6.09. The number of rotatable bonds is 3. The van der Waals surface area contributed by atoms with Crippen molar-refractivity contribution in [2.75, 3.05) is 19.8 Å². The first-order valence-corrected chi connectivity index (χ1v) is 7.91. The highest BCUT2D eigenvalue weighted by atomic mass is 32.1. The monoisotopic (exact) mass is 308 g/mol. The molecule has 1 fully saturated rings. The van der Waals surface area contributed by atoms with E-state index in [4.69, 9.17) is 9.15 Å². The second-order valence-electron chi connectivity index (χ2n) is 6.28. The molecule has 2 aromatic heterocycles. The molecule has 0 spiro atoms. The van der Waals surface area contributed by atoms with E-state index in [1.165, 1.54) is 11.5 Å². The Morgan fingerprint density at radius 2 is 2.29 bits per heavy atom. The molecule has 6 nitrogen and oxygen atoms in total. The maximum atomic E-state index is 5.71. The van der Waals surface area contributed by atoms with Crippen molar-refractivity contribution in [1.29, 1.82) is 0 Å². The van der Waals surface area contributed by atoms with Gasteiger partial charge in [-0.05, 0) is 11.5 Å². The van der Waals surface area contributed by atoms with Crippen LogP contribution in [0.2, 0.25) is 0 Å². The van der Waals surface area contributed by atoms with E-state index in [0.29, 0.717) is 6.61 Å². The lowest BCUT2D eigenvalue weighted by atomic mass is 9.93. The number of morpholine rings is 1. The molecule has 0 aliphatic carbocycles. The van der Waals surface area contributed by atoms with Crippen molar-refractivity contribution >= 4 is 11.5 Å². The third kappa shape index (κ3) is 3.30. The SMILES string of the molecule is CC(C)(C)c1coc([C@@H]2COCCN2Cc2csnn2)n1. The zero-order valence-electron chi connectivity index (χ0n) is 12.6. The second kappa shape index (κ2) is 5.82. The average Bonchev–Trinajstić information content (AvgIpc) is 3.09. The normalized spacial score (nSPS) is 20.8. The Kier molecular flexibility index (Phi) is 4.05. The lowest BCUT2D eigenvalue weighted by molar-refractivity contribution is -0.0228. The van der Waals surface area contributed by atoms with Gasteiger partial charge in [0.15, 0.2) is 0 Å². The summed E-state index contributed by atoms with van der Waals surface area (Å²) in [6, 6.07) is 0.0385. The van der Waals surface area contributed by atoms with Crippen LogP contribution in [0.5, 0.6) is 0 Å². The summed E-state index contributed by atoms with van der Waals surface area (Å²) in [5.74, 6) is 0.725. The first-order chi connectivity index (χ1) is 10.0. The minimum Gasteiger partial charge on any atom is -0.447 e. The molecule has 1 aliphatic heterocycles. The first kappa shape index (κ1) is 14.6. The van der Waals surface area contributed by atoms with Crippen LogP contribution in [-0.4, -0.2) is 39.2 Å². The fourth-order valence-electron chi connectivity index (χ4n) is 2.30. The zero-order chi connectivity index (χ0) is 14.9. The minimum absolute atomic E-state index is 0.0130. The van der Waals surface area contributed by atoms with Crippen LogP contribution in [-0.2, 0) is 16.7 Å². The molecular formula is C14H20N4O2S. The van der Waals surface area contributed by atoms with Crippen molar-refractivity contribution in [3.05, 3.63) is 28.9 Å². The first-order valence-electron chi connectivity index (χ1n) is 7.07. The lowest BCUT2D eigenvalue weighted by Crippen LogP contribution is -2.39. The number of nitrogens with zero attached hydrogens (tertiary/aromatic N) is 4. The second-order valence-corrected chi connectivity index (χ2v) is 6.89. The number of hydrogen-bond acceptors (Lipinski definition) is 7. The van der Waals surface area contributed by atoms with Gasteiger partial charge in [-0.25, -0.2) is 4.98 Å². The Morgan fingerprint density at radius 3 is 2.95 bits per heavy atom. The molecule has 0 unspecified atom stereocenters. The van der Waals surface area contributed by atoms with Crippen molar-refractivity contribution in [1.82, 2.24) is 19.5 Å². The van der Waals surface area contributed by atoms with Crippen LogP contribution < -0.4 is 0 Å². The summed E-state index contributed by atoms with van der Waals surface area (Å²) in [4.78, 5) is 6.95. The lowest BCUT2D eigenvalue weighted by Gasteiger charge is -2.32. The number of ether oxygens (including phenoxy) is 1. The molecule has 0 aromatic carbocycles. The molecule has 3 heterocycles. The highest BCUT2D eigenvalue weighted by Gasteiger charge is 2.30. The highest BCUT2D eigenvalue weighted by Crippen LogP contribution is 2.28. The maximum absolute atomic E-state index is 5.71. The van der Waals surface area contributed by atoms with Gasteiger partial charge in [0.2, 0.25) is 5.89 Å².